The van der Waals surface area contributed by atoms with Crippen molar-refractivity contribution in [2.75, 3.05) is 0 Å². The summed E-state index contributed by atoms with van der Waals surface area (Å²) in [5, 5.41) is 14.4. The van der Waals surface area contributed by atoms with Gasteiger partial charge in [-0.1, -0.05) is 0 Å². The number of halogens is 2. The zero-order chi connectivity index (χ0) is 16.2. The number of carbonyl (C=O) groups excluding carboxylic acids is 1. The van der Waals surface area contributed by atoms with Crippen LogP contribution in [0.2, 0.25) is 0 Å². The Bertz CT molecular complexity index is 728. The van der Waals surface area contributed by atoms with Gasteiger partial charge in [0.05, 0.1) is 17.5 Å². The molecule has 2 bridgehead atoms. The van der Waals surface area contributed by atoms with Crippen molar-refractivity contribution in [2.45, 2.75) is 38.1 Å². The summed E-state index contributed by atoms with van der Waals surface area (Å²) in [4.78, 5) is 12.8. The number of hydrogen-bond donors (Lipinski definition) is 0. The molecule has 1 heterocycles. The molecule has 0 aromatic heterocycles. The maximum absolute atomic E-state index is 13.4. The summed E-state index contributed by atoms with van der Waals surface area (Å²) < 4.78 is 26.9. The molecule has 3 fully saturated rings. The smallest absolute Gasteiger partial charge is 0.249 e. The lowest BCUT2D eigenvalue weighted by Crippen LogP contribution is -2.67. The Morgan fingerprint density at radius 3 is 2.57 bits per heavy atom. The molecular formula is C17H15F2N3O. The molecule has 0 N–H and O–H groups in total. The molecule has 118 valence electrons. The second-order valence-corrected chi connectivity index (χ2v) is 7.05. The first-order valence-corrected chi connectivity index (χ1v) is 7.66. The molecule has 23 heavy (non-hydrogen) atoms. The lowest BCUT2D eigenvalue weighted by Gasteiger charge is -2.69. The summed E-state index contributed by atoms with van der Waals surface area (Å²) in [6, 6.07) is 5.05. The van der Waals surface area contributed by atoms with Crippen molar-refractivity contribution in [2.24, 2.45) is 15.9 Å². The Labute approximate surface area is 132 Å². The van der Waals surface area contributed by atoms with E-state index in [0.717, 1.165) is 25.3 Å². The highest BCUT2D eigenvalue weighted by Gasteiger charge is 2.72. The SMILES string of the molecule is N#CCC12CC(C(=O)N3N=CCC3c3cc(F)cc(F)c3)(C1)C2. The van der Waals surface area contributed by atoms with Gasteiger partial charge in [-0.25, -0.2) is 13.8 Å². The molecule has 1 aromatic carbocycles. The van der Waals surface area contributed by atoms with E-state index < -0.39 is 23.1 Å². The lowest BCUT2D eigenvalue weighted by molar-refractivity contribution is -0.216. The Kier molecular flexibility index (Phi) is 2.87. The quantitative estimate of drug-likeness (QED) is 0.859. The largest absolute Gasteiger partial charge is 0.272 e. The topological polar surface area (TPSA) is 56.5 Å². The van der Waals surface area contributed by atoms with Gasteiger partial charge in [0.15, 0.2) is 0 Å². The number of nitriles is 1. The Hall–Kier alpha value is -2.29. The van der Waals surface area contributed by atoms with E-state index in [9.17, 15) is 13.6 Å². The molecule has 4 nitrogen and oxygen atoms in total. The van der Waals surface area contributed by atoms with Gasteiger partial charge in [0, 0.05) is 25.1 Å². The van der Waals surface area contributed by atoms with Crippen molar-refractivity contribution >= 4 is 12.1 Å². The van der Waals surface area contributed by atoms with Crippen molar-refractivity contribution in [3.05, 3.63) is 35.4 Å². The van der Waals surface area contributed by atoms with Crippen LogP contribution in [0.15, 0.2) is 23.3 Å². The predicted molar refractivity (Wildman–Crippen MR) is 78.0 cm³/mol. The summed E-state index contributed by atoms with van der Waals surface area (Å²) >= 11 is 0. The monoisotopic (exact) mass is 315 g/mol. The van der Waals surface area contributed by atoms with Crippen LogP contribution in [-0.4, -0.2) is 17.1 Å². The maximum atomic E-state index is 13.4. The fourth-order valence-corrected chi connectivity index (χ4v) is 4.48. The summed E-state index contributed by atoms with van der Waals surface area (Å²) in [5.41, 5.74) is 0.0309. The number of rotatable bonds is 3. The minimum Gasteiger partial charge on any atom is -0.272 e. The highest BCUT2D eigenvalue weighted by Crippen LogP contribution is 2.75. The van der Waals surface area contributed by atoms with Gasteiger partial charge in [-0.05, 0) is 42.4 Å². The fraction of sp³-hybridized carbons (Fsp3) is 0.471. The molecule has 6 heteroatoms. The third-order valence-corrected chi connectivity index (χ3v) is 5.36. The minimum atomic E-state index is -0.655. The van der Waals surface area contributed by atoms with Crippen molar-refractivity contribution in [3.63, 3.8) is 0 Å². The second-order valence-electron chi connectivity index (χ2n) is 7.05. The molecule has 1 aliphatic heterocycles. The van der Waals surface area contributed by atoms with Crippen LogP contribution in [0.3, 0.4) is 0 Å². The Morgan fingerprint density at radius 2 is 1.96 bits per heavy atom. The number of nitrogens with zero attached hydrogens (tertiary/aromatic N) is 3. The number of hydrazone groups is 1. The van der Waals surface area contributed by atoms with Crippen LogP contribution in [0.25, 0.3) is 0 Å². The summed E-state index contributed by atoms with van der Waals surface area (Å²) in [6.07, 6.45) is 4.73. The molecule has 3 aliphatic carbocycles. The first-order chi connectivity index (χ1) is 11.0. The molecule has 0 radical (unpaired) electrons. The lowest BCUT2D eigenvalue weighted by atomic mass is 9.34. The van der Waals surface area contributed by atoms with E-state index in [1.54, 1.807) is 6.21 Å². The first kappa shape index (κ1) is 14.3. The van der Waals surface area contributed by atoms with E-state index in [2.05, 4.69) is 11.2 Å². The van der Waals surface area contributed by atoms with Crippen molar-refractivity contribution < 1.29 is 13.6 Å². The van der Waals surface area contributed by atoms with Gasteiger partial charge in [0.2, 0.25) is 5.91 Å². The number of amides is 1. The van der Waals surface area contributed by atoms with E-state index in [4.69, 9.17) is 5.26 Å². The third kappa shape index (κ3) is 1.99. The number of carbonyl (C=O) groups is 1. The van der Waals surface area contributed by atoms with Gasteiger partial charge in [-0.15, -0.1) is 0 Å². The van der Waals surface area contributed by atoms with Crippen molar-refractivity contribution in [3.8, 4) is 6.07 Å². The molecule has 1 amide bonds. The summed E-state index contributed by atoms with van der Waals surface area (Å²) in [5.74, 6) is -1.39. The van der Waals surface area contributed by atoms with E-state index in [1.165, 1.54) is 17.1 Å². The molecule has 1 unspecified atom stereocenters. The van der Waals surface area contributed by atoms with Crippen LogP contribution >= 0.6 is 0 Å². The van der Waals surface area contributed by atoms with E-state index in [1.807, 2.05) is 0 Å². The standard InChI is InChI=1S/C17H15F2N3O/c18-12-5-11(6-13(19)7-12)14-1-4-21-22(14)15(23)17-8-16(9-17,10-17)2-3-20/h4-7,14H,1-2,8-10H2. The van der Waals surface area contributed by atoms with Crippen molar-refractivity contribution in [1.82, 2.24) is 5.01 Å². The van der Waals surface area contributed by atoms with Gasteiger partial charge in [0.1, 0.15) is 11.6 Å². The van der Waals surface area contributed by atoms with E-state index in [-0.39, 0.29) is 11.3 Å². The average molecular weight is 315 g/mol. The molecule has 0 spiro atoms. The molecule has 5 rings (SSSR count). The van der Waals surface area contributed by atoms with Crippen LogP contribution in [0, 0.1) is 33.8 Å². The van der Waals surface area contributed by atoms with E-state index >= 15 is 0 Å². The molecular weight excluding hydrogens is 300 g/mol. The zero-order valence-corrected chi connectivity index (χ0v) is 12.4. The Morgan fingerprint density at radius 1 is 1.30 bits per heavy atom. The number of hydrogen-bond acceptors (Lipinski definition) is 3. The van der Waals surface area contributed by atoms with Crippen molar-refractivity contribution in [1.29, 1.82) is 5.26 Å². The first-order valence-electron chi connectivity index (χ1n) is 7.66. The van der Waals surface area contributed by atoms with Gasteiger partial charge in [0.25, 0.3) is 0 Å². The number of benzene rings is 1. The average Bonchev–Trinajstić information content (AvgIpc) is 2.88. The predicted octanol–water partition coefficient (Wildman–Crippen LogP) is 3.31. The van der Waals surface area contributed by atoms with Gasteiger partial charge < -0.3 is 0 Å². The summed E-state index contributed by atoms with van der Waals surface area (Å²) in [6.45, 7) is 0. The maximum Gasteiger partial charge on any atom is 0.249 e. The van der Waals surface area contributed by atoms with Crippen LogP contribution in [0.5, 0.6) is 0 Å². The van der Waals surface area contributed by atoms with Crippen LogP contribution < -0.4 is 0 Å². The fourth-order valence-electron chi connectivity index (χ4n) is 4.48. The zero-order valence-electron chi connectivity index (χ0n) is 12.4. The van der Waals surface area contributed by atoms with E-state index in [0.29, 0.717) is 18.4 Å². The van der Waals surface area contributed by atoms with Crippen LogP contribution in [0.1, 0.15) is 43.7 Å². The summed E-state index contributed by atoms with van der Waals surface area (Å²) in [7, 11) is 0. The van der Waals surface area contributed by atoms with Gasteiger partial charge in [-0.2, -0.15) is 10.4 Å². The molecule has 4 aliphatic rings. The normalized spacial score (nSPS) is 33.8. The van der Waals surface area contributed by atoms with Crippen LogP contribution in [0.4, 0.5) is 8.78 Å². The van der Waals surface area contributed by atoms with Crippen LogP contribution in [-0.2, 0) is 4.79 Å². The molecule has 3 saturated carbocycles. The third-order valence-electron chi connectivity index (χ3n) is 5.36. The highest BCUT2D eigenvalue weighted by atomic mass is 19.1. The minimum absolute atomic E-state index is 0.0221. The molecule has 1 atom stereocenters. The van der Waals surface area contributed by atoms with Gasteiger partial charge in [-0.3, -0.25) is 4.79 Å². The highest BCUT2D eigenvalue weighted by molar-refractivity contribution is 5.88. The molecule has 1 aromatic rings. The van der Waals surface area contributed by atoms with Gasteiger partial charge >= 0.3 is 0 Å². The molecule has 0 saturated heterocycles. The second kappa shape index (κ2) is 4.60. The Balaban J connectivity index is 1.54.